The molecule has 118 valence electrons. The van der Waals surface area contributed by atoms with Crippen LogP contribution in [0.4, 0.5) is 5.69 Å². The van der Waals surface area contributed by atoms with Gasteiger partial charge in [0.25, 0.3) is 0 Å². The molecule has 3 rings (SSSR count). The quantitative estimate of drug-likeness (QED) is 0.898. The largest absolute Gasteiger partial charge is 0.306 e. The molecule has 1 aliphatic heterocycles. The minimum absolute atomic E-state index is 0.242. The van der Waals surface area contributed by atoms with Crippen molar-refractivity contribution in [2.24, 2.45) is 0 Å². The molecular formula is C14H18N4O2S2. The summed E-state index contributed by atoms with van der Waals surface area (Å²) < 4.78 is 25.4. The maximum atomic E-state index is 12.0. The van der Waals surface area contributed by atoms with Crippen LogP contribution in [0.25, 0.3) is 0 Å². The summed E-state index contributed by atoms with van der Waals surface area (Å²) in [5.74, 6) is 0.242. The average Bonchev–Trinajstić information content (AvgIpc) is 3.04. The standard InChI is InChI=1S/C14H18N4O2S2/c1-11-16-17-14(21-11)10-15-9-12-4-2-5-13(8-12)18-6-3-7-22(18,19)20/h2,4-5,8,15H,3,6-7,9-10H2,1H3. The summed E-state index contributed by atoms with van der Waals surface area (Å²) in [4.78, 5) is 0. The number of anilines is 1. The van der Waals surface area contributed by atoms with E-state index in [9.17, 15) is 8.42 Å². The molecular weight excluding hydrogens is 320 g/mol. The number of sulfonamides is 1. The van der Waals surface area contributed by atoms with Gasteiger partial charge >= 0.3 is 0 Å². The molecule has 1 N–H and O–H groups in total. The van der Waals surface area contributed by atoms with Crippen molar-refractivity contribution < 1.29 is 8.42 Å². The second kappa shape index (κ2) is 6.31. The summed E-state index contributed by atoms with van der Waals surface area (Å²) in [6.45, 7) is 3.84. The minimum Gasteiger partial charge on any atom is -0.306 e. The minimum atomic E-state index is -3.12. The topological polar surface area (TPSA) is 75.2 Å². The molecule has 22 heavy (non-hydrogen) atoms. The number of nitrogens with one attached hydrogen (secondary N) is 1. The van der Waals surface area contributed by atoms with Crippen LogP contribution >= 0.6 is 11.3 Å². The molecule has 2 heterocycles. The van der Waals surface area contributed by atoms with E-state index in [-0.39, 0.29) is 5.75 Å². The highest BCUT2D eigenvalue weighted by molar-refractivity contribution is 7.93. The van der Waals surface area contributed by atoms with Crippen LogP contribution in [0.1, 0.15) is 22.0 Å². The van der Waals surface area contributed by atoms with E-state index in [0.717, 1.165) is 21.3 Å². The zero-order valence-electron chi connectivity index (χ0n) is 12.3. The predicted octanol–water partition coefficient (Wildman–Crippen LogP) is 1.68. The molecule has 0 bridgehead atoms. The maximum absolute atomic E-state index is 12.0. The number of rotatable bonds is 5. The summed E-state index contributed by atoms with van der Waals surface area (Å²) in [6, 6.07) is 7.67. The van der Waals surface area contributed by atoms with Crippen LogP contribution in [0.15, 0.2) is 24.3 Å². The lowest BCUT2D eigenvalue weighted by Crippen LogP contribution is -2.25. The molecule has 8 heteroatoms. The van der Waals surface area contributed by atoms with Crippen molar-refractivity contribution in [3.8, 4) is 0 Å². The Bertz CT molecular complexity index is 758. The summed E-state index contributed by atoms with van der Waals surface area (Å²) >= 11 is 1.57. The molecule has 0 aliphatic carbocycles. The van der Waals surface area contributed by atoms with E-state index >= 15 is 0 Å². The first kappa shape index (κ1) is 15.4. The van der Waals surface area contributed by atoms with Gasteiger partial charge in [-0.25, -0.2) is 8.42 Å². The summed E-state index contributed by atoms with van der Waals surface area (Å²) in [6.07, 6.45) is 0.696. The van der Waals surface area contributed by atoms with Crippen molar-refractivity contribution in [1.29, 1.82) is 0 Å². The molecule has 1 aliphatic rings. The van der Waals surface area contributed by atoms with Gasteiger partial charge in [0.05, 0.1) is 11.4 Å². The molecule has 1 aromatic heterocycles. The van der Waals surface area contributed by atoms with Gasteiger partial charge in [-0.1, -0.05) is 12.1 Å². The second-order valence-electron chi connectivity index (χ2n) is 5.23. The Morgan fingerprint density at radius 2 is 2.18 bits per heavy atom. The predicted molar refractivity (Wildman–Crippen MR) is 87.4 cm³/mol. The third-order valence-corrected chi connectivity index (χ3v) is 6.18. The Labute approximate surface area is 134 Å². The van der Waals surface area contributed by atoms with Gasteiger partial charge in [0.15, 0.2) is 0 Å². The van der Waals surface area contributed by atoms with Crippen molar-refractivity contribution in [3.05, 3.63) is 39.8 Å². The molecule has 1 aromatic carbocycles. The number of hydrogen-bond donors (Lipinski definition) is 1. The van der Waals surface area contributed by atoms with Gasteiger partial charge in [-0.15, -0.1) is 21.5 Å². The SMILES string of the molecule is Cc1nnc(CNCc2cccc(N3CCCS3(=O)=O)c2)s1. The second-order valence-corrected chi connectivity index (χ2v) is 8.51. The van der Waals surface area contributed by atoms with Crippen LogP contribution in [-0.2, 0) is 23.1 Å². The highest BCUT2D eigenvalue weighted by atomic mass is 32.2. The van der Waals surface area contributed by atoms with Crippen LogP contribution in [0.2, 0.25) is 0 Å². The number of aromatic nitrogens is 2. The molecule has 0 unspecified atom stereocenters. The summed E-state index contributed by atoms with van der Waals surface area (Å²) in [5, 5.41) is 13.3. The van der Waals surface area contributed by atoms with Gasteiger partial charge in [-0.05, 0) is 31.0 Å². The lowest BCUT2D eigenvalue weighted by atomic mass is 10.2. The van der Waals surface area contributed by atoms with Gasteiger partial charge in [0.2, 0.25) is 10.0 Å². The van der Waals surface area contributed by atoms with Gasteiger partial charge in [0, 0.05) is 19.6 Å². The lowest BCUT2D eigenvalue weighted by Gasteiger charge is -2.17. The molecule has 0 spiro atoms. The fourth-order valence-electron chi connectivity index (χ4n) is 2.47. The summed E-state index contributed by atoms with van der Waals surface area (Å²) in [7, 11) is -3.12. The van der Waals surface area contributed by atoms with E-state index in [1.165, 1.54) is 4.31 Å². The number of nitrogens with zero attached hydrogens (tertiary/aromatic N) is 3. The van der Waals surface area contributed by atoms with Crippen LogP contribution in [0.3, 0.4) is 0 Å². The molecule has 1 fully saturated rings. The number of hydrogen-bond acceptors (Lipinski definition) is 6. The fraction of sp³-hybridized carbons (Fsp3) is 0.429. The van der Waals surface area contributed by atoms with E-state index in [1.807, 2.05) is 31.2 Å². The smallest absolute Gasteiger partial charge is 0.235 e. The lowest BCUT2D eigenvalue weighted by molar-refractivity contribution is 0.599. The first-order valence-corrected chi connectivity index (χ1v) is 9.56. The third kappa shape index (κ3) is 3.45. The molecule has 0 radical (unpaired) electrons. The monoisotopic (exact) mass is 338 g/mol. The number of benzene rings is 1. The highest BCUT2D eigenvalue weighted by Crippen LogP contribution is 2.24. The number of aryl methyl sites for hydroxylation is 1. The Balaban J connectivity index is 1.64. The Morgan fingerprint density at radius 1 is 1.32 bits per heavy atom. The molecule has 6 nitrogen and oxygen atoms in total. The Kier molecular flexibility index (Phi) is 4.42. The first-order chi connectivity index (χ1) is 10.5. The van der Waals surface area contributed by atoms with Gasteiger partial charge in [-0.3, -0.25) is 4.31 Å². The molecule has 2 aromatic rings. The van der Waals surface area contributed by atoms with Crippen molar-refractivity contribution in [2.75, 3.05) is 16.6 Å². The van der Waals surface area contributed by atoms with E-state index in [0.29, 0.717) is 26.1 Å². The normalized spacial score (nSPS) is 17.0. The van der Waals surface area contributed by atoms with Crippen molar-refractivity contribution in [2.45, 2.75) is 26.4 Å². The fourth-order valence-corrected chi connectivity index (χ4v) is 4.71. The van der Waals surface area contributed by atoms with Crippen LogP contribution in [0, 0.1) is 6.92 Å². The zero-order chi connectivity index (χ0) is 15.6. The molecule has 0 atom stereocenters. The molecule has 0 amide bonds. The zero-order valence-corrected chi connectivity index (χ0v) is 14.0. The first-order valence-electron chi connectivity index (χ1n) is 7.14. The third-order valence-electron chi connectivity index (χ3n) is 3.47. The van der Waals surface area contributed by atoms with Crippen LogP contribution in [0.5, 0.6) is 0 Å². The summed E-state index contributed by atoms with van der Waals surface area (Å²) in [5.41, 5.74) is 1.81. The van der Waals surface area contributed by atoms with Crippen LogP contribution in [-0.4, -0.2) is 30.9 Å². The van der Waals surface area contributed by atoms with E-state index in [2.05, 4.69) is 15.5 Å². The Hall–Kier alpha value is -1.51. The van der Waals surface area contributed by atoms with Gasteiger partial charge < -0.3 is 5.32 Å². The van der Waals surface area contributed by atoms with Crippen molar-refractivity contribution in [1.82, 2.24) is 15.5 Å². The van der Waals surface area contributed by atoms with Gasteiger partial charge in [0.1, 0.15) is 10.0 Å². The molecule has 1 saturated heterocycles. The average molecular weight is 338 g/mol. The van der Waals surface area contributed by atoms with Crippen LogP contribution < -0.4 is 9.62 Å². The maximum Gasteiger partial charge on any atom is 0.235 e. The molecule has 0 saturated carbocycles. The van der Waals surface area contributed by atoms with Crippen molar-refractivity contribution in [3.63, 3.8) is 0 Å². The van der Waals surface area contributed by atoms with Crippen molar-refractivity contribution >= 4 is 27.0 Å². The Morgan fingerprint density at radius 3 is 2.86 bits per heavy atom. The van der Waals surface area contributed by atoms with Gasteiger partial charge in [-0.2, -0.15) is 0 Å². The van der Waals surface area contributed by atoms with E-state index in [4.69, 9.17) is 0 Å². The van der Waals surface area contributed by atoms with E-state index < -0.39 is 10.0 Å². The van der Waals surface area contributed by atoms with E-state index in [1.54, 1.807) is 11.3 Å². The highest BCUT2D eigenvalue weighted by Gasteiger charge is 2.28.